The minimum Gasteiger partial charge on any atom is -0.493 e. The first kappa shape index (κ1) is 14.8. The molecule has 0 amide bonds. The van der Waals surface area contributed by atoms with Gasteiger partial charge in [0.15, 0.2) is 0 Å². The van der Waals surface area contributed by atoms with Gasteiger partial charge in [-0.1, -0.05) is 24.3 Å². The molecule has 0 spiro atoms. The lowest BCUT2D eigenvalue weighted by Gasteiger charge is -2.14. The molecule has 0 atom stereocenters. The molecule has 108 valence electrons. The summed E-state index contributed by atoms with van der Waals surface area (Å²) in [6, 6.07) is 10.5. The summed E-state index contributed by atoms with van der Waals surface area (Å²) >= 11 is 0. The van der Waals surface area contributed by atoms with Crippen molar-refractivity contribution in [2.45, 2.75) is 31.7 Å². The molecule has 20 heavy (non-hydrogen) atoms. The Hall–Kier alpha value is -1.59. The van der Waals surface area contributed by atoms with Gasteiger partial charge in [0.2, 0.25) is 10.0 Å². The van der Waals surface area contributed by atoms with Crippen molar-refractivity contribution in [2.24, 2.45) is 0 Å². The predicted octanol–water partition coefficient (Wildman–Crippen LogP) is 2.93. The molecule has 4 nitrogen and oxygen atoms in total. The highest BCUT2D eigenvalue weighted by molar-refractivity contribution is 7.89. The monoisotopic (exact) mass is 293 g/mol. The third-order valence-electron chi connectivity index (χ3n) is 2.82. The van der Waals surface area contributed by atoms with E-state index in [1.807, 2.05) is 25.1 Å². The number of sulfonamides is 1. The Kier molecular flexibility index (Phi) is 4.30. The molecule has 0 saturated heterocycles. The lowest BCUT2D eigenvalue weighted by Crippen LogP contribution is -2.30. The molecular formula is C15H19NO3S. The van der Waals surface area contributed by atoms with Gasteiger partial charge in [-0.15, -0.1) is 0 Å². The van der Waals surface area contributed by atoms with E-state index in [1.54, 1.807) is 32.0 Å². The number of fused-ring (bicyclic) bond motifs is 1. The highest BCUT2D eigenvalue weighted by Crippen LogP contribution is 2.31. The molecule has 0 heterocycles. The fourth-order valence-corrected chi connectivity index (χ4v) is 3.60. The maximum absolute atomic E-state index is 12.4. The van der Waals surface area contributed by atoms with Crippen molar-refractivity contribution in [3.05, 3.63) is 36.4 Å². The van der Waals surface area contributed by atoms with Gasteiger partial charge < -0.3 is 4.74 Å². The summed E-state index contributed by atoms with van der Waals surface area (Å²) < 4.78 is 32.9. The van der Waals surface area contributed by atoms with Gasteiger partial charge in [0.05, 0.1) is 11.5 Å². The number of ether oxygens (including phenoxy) is 1. The summed E-state index contributed by atoms with van der Waals surface area (Å²) in [7, 11) is -3.52. The zero-order valence-electron chi connectivity index (χ0n) is 11.9. The number of hydrogen-bond donors (Lipinski definition) is 1. The van der Waals surface area contributed by atoms with Crippen LogP contribution < -0.4 is 9.46 Å². The van der Waals surface area contributed by atoms with E-state index in [0.29, 0.717) is 17.7 Å². The van der Waals surface area contributed by atoms with Gasteiger partial charge in [-0.3, -0.25) is 0 Å². The minimum absolute atomic E-state index is 0.148. The Bertz CT molecular complexity index is 708. The van der Waals surface area contributed by atoms with E-state index < -0.39 is 10.0 Å². The van der Waals surface area contributed by atoms with Gasteiger partial charge >= 0.3 is 0 Å². The van der Waals surface area contributed by atoms with Gasteiger partial charge in [-0.25, -0.2) is 13.1 Å². The van der Waals surface area contributed by atoms with Crippen LogP contribution in [-0.4, -0.2) is 21.1 Å². The molecule has 1 N–H and O–H groups in total. The van der Waals surface area contributed by atoms with Crippen LogP contribution in [0.15, 0.2) is 41.3 Å². The summed E-state index contributed by atoms with van der Waals surface area (Å²) in [4.78, 5) is 0.283. The summed E-state index contributed by atoms with van der Waals surface area (Å²) in [6.45, 7) is 6.04. The fraction of sp³-hybridized carbons (Fsp3) is 0.333. The van der Waals surface area contributed by atoms with E-state index in [4.69, 9.17) is 4.74 Å². The summed E-state index contributed by atoms with van der Waals surface area (Å²) in [5.41, 5.74) is 0. The molecular weight excluding hydrogens is 274 g/mol. The van der Waals surface area contributed by atoms with Crippen LogP contribution in [0.25, 0.3) is 10.8 Å². The molecule has 0 aliphatic carbocycles. The standard InChI is InChI=1S/C15H19NO3S/c1-4-19-14-9-10-15(20(17,18)16-11(2)3)13-8-6-5-7-12(13)14/h5-11,16H,4H2,1-3H3. The highest BCUT2D eigenvalue weighted by atomic mass is 32.2. The molecule has 0 radical (unpaired) electrons. The third-order valence-corrected chi connectivity index (χ3v) is 4.54. The summed E-state index contributed by atoms with van der Waals surface area (Å²) in [6.07, 6.45) is 0. The van der Waals surface area contributed by atoms with Crippen molar-refractivity contribution in [1.29, 1.82) is 0 Å². The molecule has 0 saturated carbocycles. The van der Waals surface area contributed by atoms with Crippen LogP contribution in [0.2, 0.25) is 0 Å². The van der Waals surface area contributed by atoms with E-state index in [0.717, 1.165) is 5.39 Å². The summed E-state index contributed by atoms with van der Waals surface area (Å²) in [5.74, 6) is 0.701. The van der Waals surface area contributed by atoms with E-state index in [2.05, 4.69) is 4.72 Å². The first-order chi connectivity index (χ1) is 9.45. The topological polar surface area (TPSA) is 55.4 Å². The van der Waals surface area contributed by atoms with Gasteiger partial charge in [-0.2, -0.15) is 0 Å². The van der Waals surface area contributed by atoms with Gasteiger partial charge in [0.1, 0.15) is 5.75 Å². The van der Waals surface area contributed by atoms with Crippen molar-refractivity contribution in [2.75, 3.05) is 6.61 Å². The van der Waals surface area contributed by atoms with Crippen molar-refractivity contribution >= 4 is 20.8 Å². The Balaban J connectivity index is 2.65. The smallest absolute Gasteiger partial charge is 0.241 e. The van der Waals surface area contributed by atoms with Crippen molar-refractivity contribution in [1.82, 2.24) is 4.72 Å². The van der Waals surface area contributed by atoms with Crippen LogP contribution in [0, 0.1) is 0 Å². The quantitative estimate of drug-likeness (QED) is 0.922. The van der Waals surface area contributed by atoms with E-state index >= 15 is 0 Å². The molecule has 0 aliphatic rings. The maximum atomic E-state index is 12.4. The molecule has 2 rings (SSSR count). The zero-order valence-corrected chi connectivity index (χ0v) is 12.7. The Labute approximate surface area is 119 Å². The SMILES string of the molecule is CCOc1ccc(S(=O)(=O)NC(C)C)c2ccccc12. The van der Waals surface area contributed by atoms with Crippen LogP contribution in [0.1, 0.15) is 20.8 Å². The Morgan fingerprint density at radius 1 is 1.10 bits per heavy atom. The second kappa shape index (κ2) is 5.81. The van der Waals surface area contributed by atoms with Gasteiger partial charge in [0.25, 0.3) is 0 Å². The van der Waals surface area contributed by atoms with Crippen molar-refractivity contribution in [3.63, 3.8) is 0 Å². The van der Waals surface area contributed by atoms with Crippen molar-refractivity contribution in [3.8, 4) is 5.75 Å². The minimum atomic E-state index is -3.52. The van der Waals surface area contributed by atoms with E-state index in [-0.39, 0.29) is 10.9 Å². The molecule has 2 aromatic rings. The molecule has 5 heteroatoms. The second-order valence-corrected chi connectivity index (χ2v) is 6.50. The molecule has 0 fully saturated rings. The average molecular weight is 293 g/mol. The van der Waals surface area contributed by atoms with Crippen LogP contribution in [0.4, 0.5) is 0 Å². The largest absolute Gasteiger partial charge is 0.493 e. The second-order valence-electron chi connectivity index (χ2n) is 4.82. The number of hydrogen-bond acceptors (Lipinski definition) is 3. The molecule has 0 bridgehead atoms. The number of rotatable bonds is 5. The van der Waals surface area contributed by atoms with Crippen LogP contribution in [0.5, 0.6) is 5.75 Å². The van der Waals surface area contributed by atoms with Crippen LogP contribution in [0.3, 0.4) is 0 Å². The van der Waals surface area contributed by atoms with Crippen LogP contribution >= 0.6 is 0 Å². The molecule has 0 aromatic heterocycles. The first-order valence-corrected chi connectivity index (χ1v) is 8.11. The number of nitrogens with one attached hydrogen (secondary N) is 1. The lowest BCUT2D eigenvalue weighted by atomic mass is 10.1. The summed E-state index contributed by atoms with van der Waals surface area (Å²) in [5, 5.41) is 1.48. The fourth-order valence-electron chi connectivity index (χ4n) is 2.13. The highest BCUT2D eigenvalue weighted by Gasteiger charge is 2.19. The average Bonchev–Trinajstić information content (AvgIpc) is 2.37. The first-order valence-electron chi connectivity index (χ1n) is 6.62. The van der Waals surface area contributed by atoms with Crippen molar-refractivity contribution < 1.29 is 13.2 Å². The van der Waals surface area contributed by atoms with Gasteiger partial charge in [0, 0.05) is 16.8 Å². The molecule has 0 unspecified atom stereocenters. The molecule has 0 aliphatic heterocycles. The maximum Gasteiger partial charge on any atom is 0.241 e. The third kappa shape index (κ3) is 2.94. The number of benzene rings is 2. The Morgan fingerprint density at radius 3 is 2.35 bits per heavy atom. The Morgan fingerprint density at radius 2 is 1.75 bits per heavy atom. The van der Waals surface area contributed by atoms with E-state index in [1.165, 1.54) is 0 Å². The zero-order chi connectivity index (χ0) is 14.8. The normalized spacial score (nSPS) is 12.0. The van der Waals surface area contributed by atoms with Crippen LogP contribution in [-0.2, 0) is 10.0 Å². The van der Waals surface area contributed by atoms with E-state index in [9.17, 15) is 8.42 Å². The van der Waals surface area contributed by atoms with Gasteiger partial charge in [-0.05, 0) is 32.9 Å². The molecule has 2 aromatic carbocycles. The predicted molar refractivity (Wildman–Crippen MR) is 80.6 cm³/mol. The lowest BCUT2D eigenvalue weighted by molar-refractivity contribution is 0.344.